The number of amides is 1. The standard InChI is InChI=1S/C23H21N3O4S2/c1-15(2)26-20-12-11-17(14-21(20)31-23(26)28)24-22(27)16-7-6-8-18(13-16)25-32(29,30)19-9-4-3-5-10-19/h3-15,25H,1-2H3,(H,24,27). The Morgan fingerprint density at radius 3 is 2.41 bits per heavy atom. The van der Waals surface area contributed by atoms with Crippen LogP contribution >= 0.6 is 11.3 Å². The number of anilines is 2. The summed E-state index contributed by atoms with van der Waals surface area (Å²) < 4.78 is 30.1. The predicted octanol–water partition coefficient (Wildman–Crippen LogP) is 4.70. The third-order valence-electron chi connectivity index (χ3n) is 4.82. The number of fused-ring (bicyclic) bond motifs is 1. The van der Waals surface area contributed by atoms with Crippen molar-refractivity contribution in [2.45, 2.75) is 24.8 Å². The van der Waals surface area contributed by atoms with Gasteiger partial charge >= 0.3 is 4.87 Å². The first-order chi connectivity index (χ1) is 15.2. The molecule has 1 aromatic heterocycles. The minimum absolute atomic E-state index is 0.0408. The van der Waals surface area contributed by atoms with E-state index >= 15 is 0 Å². The molecule has 4 rings (SSSR count). The van der Waals surface area contributed by atoms with Crippen LogP contribution in [0.2, 0.25) is 0 Å². The molecule has 4 aromatic rings. The molecule has 0 aliphatic carbocycles. The third kappa shape index (κ3) is 4.44. The topological polar surface area (TPSA) is 97.3 Å². The summed E-state index contributed by atoms with van der Waals surface area (Å²) >= 11 is 1.13. The van der Waals surface area contributed by atoms with Crippen molar-refractivity contribution in [3.63, 3.8) is 0 Å². The molecule has 0 fully saturated rings. The molecule has 0 bridgehead atoms. The second-order valence-corrected chi connectivity index (χ2v) is 10.1. The van der Waals surface area contributed by atoms with Crippen LogP contribution < -0.4 is 14.9 Å². The highest BCUT2D eigenvalue weighted by Gasteiger charge is 2.15. The summed E-state index contributed by atoms with van der Waals surface area (Å²) in [6, 6.07) is 19.6. The number of nitrogens with one attached hydrogen (secondary N) is 2. The summed E-state index contributed by atoms with van der Waals surface area (Å²) in [4.78, 5) is 25.1. The molecular weight excluding hydrogens is 446 g/mol. The maximum Gasteiger partial charge on any atom is 0.308 e. The van der Waals surface area contributed by atoms with Gasteiger partial charge in [-0.05, 0) is 62.4 Å². The Morgan fingerprint density at radius 1 is 0.938 bits per heavy atom. The van der Waals surface area contributed by atoms with E-state index in [1.165, 1.54) is 18.2 Å². The predicted molar refractivity (Wildman–Crippen MR) is 128 cm³/mol. The number of carbonyl (C=O) groups excluding carboxylic acids is 1. The number of rotatable bonds is 6. The minimum atomic E-state index is -3.76. The maximum absolute atomic E-state index is 12.8. The van der Waals surface area contributed by atoms with Crippen LogP contribution in [0.25, 0.3) is 10.2 Å². The van der Waals surface area contributed by atoms with E-state index in [4.69, 9.17) is 0 Å². The Hall–Kier alpha value is -3.43. The van der Waals surface area contributed by atoms with Crippen molar-refractivity contribution in [2.75, 3.05) is 10.0 Å². The SMILES string of the molecule is CC(C)n1c(=O)sc2cc(NC(=O)c3cccc(NS(=O)(=O)c4ccccc4)c3)ccc21. The number of thiazole rings is 1. The van der Waals surface area contributed by atoms with E-state index in [1.807, 2.05) is 19.9 Å². The molecule has 0 aliphatic heterocycles. The van der Waals surface area contributed by atoms with Crippen molar-refractivity contribution >= 4 is 48.9 Å². The summed E-state index contributed by atoms with van der Waals surface area (Å²) in [5.41, 5.74) is 1.95. The summed E-state index contributed by atoms with van der Waals surface area (Å²) in [5, 5.41) is 2.81. The number of benzene rings is 3. The fraction of sp³-hybridized carbons (Fsp3) is 0.130. The van der Waals surface area contributed by atoms with Crippen LogP contribution in [-0.2, 0) is 10.0 Å². The molecule has 32 heavy (non-hydrogen) atoms. The van der Waals surface area contributed by atoms with E-state index in [1.54, 1.807) is 53.1 Å². The number of carbonyl (C=O) groups is 1. The highest BCUT2D eigenvalue weighted by Crippen LogP contribution is 2.25. The zero-order valence-electron chi connectivity index (χ0n) is 17.4. The molecule has 0 unspecified atom stereocenters. The number of aromatic nitrogens is 1. The number of nitrogens with zero attached hydrogens (tertiary/aromatic N) is 1. The molecule has 1 amide bonds. The van der Waals surface area contributed by atoms with E-state index in [2.05, 4.69) is 10.0 Å². The molecule has 7 nitrogen and oxygen atoms in total. The van der Waals surface area contributed by atoms with Crippen molar-refractivity contribution in [1.29, 1.82) is 0 Å². The van der Waals surface area contributed by atoms with Crippen LogP contribution in [0, 0.1) is 0 Å². The van der Waals surface area contributed by atoms with Gasteiger partial charge in [-0.25, -0.2) is 8.42 Å². The lowest BCUT2D eigenvalue weighted by Gasteiger charge is -2.11. The van der Waals surface area contributed by atoms with E-state index in [9.17, 15) is 18.0 Å². The van der Waals surface area contributed by atoms with Gasteiger partial charge in [-0.1, -0.05) is 35.6 Å². The van der Waals surface area contributed by atoms with Gasteiger partial charge in [0.25, 0.3) is 15.9 Å². The molecular formula is C23H21N3O4S2. The normalized spacial score (nSPS) is 11.6. The van der Waals surface area contributed by atoms with Gasteiger partial charge in [0.15, 0.2) is 0 Å². The highest BCUT2D eigenvalue weighted by atomic mass is 32.2. The molecule has 2 N–H and O–H groups in total. The Labute approximate surface area is 189 Å². The Balaban J connectivity index is 1.55. The summed E-state index contributed by atoms with van der Waals surface area (Å²) in [6.07, 6.45) is 0. The van der Waals surface area contributed by atoms with E-state index in [-0.39, 0.29) is 27.4 Å². The minimum Gasteiger partial charge on any atom is -0.322 e. The molecule has 0 aliphatic rings. The van der Waals surface area contributed by atoms with Crippen LogP contribution in [0.5, 0.6) is 0 Å². The quantitative estimate of drug-likeness (QED) is 0.430. The fourth-order valence-electron chi connectivity index (χ4n) is 3.34. The lowest BCUT2D eigenvalue weighted by Crippen LogP contribution is -2.15. The van der Waals surface area contributed by atoms with Gasteiger partial charge < -0.3 is 5.32 Å². The van der Waals surface area contributed by atoms with Crippen LogP contribution in [0.1, 0.15) is 30.2 Å². The first-order valence-corrected chi connectivity index (χ1v) is 12.2. The second-order valence-electron chi connectivity index (χ2n) is 7.47. The maximum atomic E-state index is 12.8. The molecule has 9 heteroatoms. The van der Waals surface area contributed by atoms with Crippen LogP contribution in [0.15, 0.2) is 82.5 Å². The van der Waals surface area contributed by atoms with Crippen molar-refractivity contribution in [3.05, 3.63) is 88.0 Å². The summed E-state index contributed by atoms with van der Waals surface area (Å²) in [7, 11) is -3.76. The first kappa shape index (κ1) is 21.8. The monoisotopic (exact) mass is 467 g/mol. The van der Waals surface area contributed by atoms with Gasteiger partial charge in [-0.2, -0.15) is 0 Å². The smallest absolute Gasteiger partial charge is 0.308 e. The average Bonchev–Trinajstić information content (AvgIpc) is 3.09. The number of sulfonamides is 1. The molecule has 0 spiro atoms. The Bertz CT molecular complexity index is 1460. The lowest BCUT2D eigenvalue weighted by molar-refractivity contribution is 0.102. The second kappa shape index (κ2) is 8.60. The fourth-order valence-corrected chi connectivity index (χ4v) is 5.47. The van der Waals surface area contributed by atoms with Crippen molar-refractivity contribution in [2.24, 2.45) is 0 Å². The van der Waals surface area contributed by atoms with Crippen molar-refractivity contribution < 1.29 is 13.2 Å². The largest absolute Gasteiger partial charge is 0.322 e. The molecule has 164 valence electrons. The first-order valence-electron chi connectivity index (χ1n) is 9.89. The highest BCUT2D eigenvalue weighted by molar-refractivity contribution is 7.92. The molecule has 0 atom stereocenters. The van der Waals surface area contributed by atoms with Gasteiger partial charge in [-0.3, -0.25) is 18.9 Å². The lowest BCUT2D eigenvalue weighted by atomic mass is 10.2. The van der Waals surface area contributed by atoms with Crippen LogP contribution in [-0.4, -0.2) is 18.9 Å². The molecule has 0 radical (unpaired) electrons. The molecule has 3 aromatic carbocycles. The van der Waals surface area contributed by atoms with Gasteiger partial charge in [0, 0.05) is 23.0 Å². The van der Waals surface area contributed by atoms with Crippen LogP contribution in [0.4, 0.5) is 11.4 Å². The van der Waals surface area contributed by atoms with E-state index < -0.39 is 10.0 Å². The average molecular weight is 468 g/mol. The molecule has 1 heterocycles. The Kier molecular flexibility index (Phi) is 5.86. The summed E-state index contributed by atoms with van der Waals surface area (Å²) in [5.74, 6) is -0.388. The molecule has 0 saturated heterocycles. The third-order valence-corrected chi connectivity index (χ3v) is 7.13. The van der Waals surface area contributed by atoms with E-state index in [0.717, 1.165) is 21.6 Å². The van der Waals surface area contributed by atoms with Gasteiger partial charge in [0.05, 0.1) is 15.1 Å². The van der Waals surface area contributed by atoms with E-state index in [0.29, 0.717) is 11.3 Å². The summed E-state index contributed by atoms with van der Waals surface area (Å²) in [6.45, 7) is 3.89. The van der Waals surface area contributed by atoms with Crippen molar-refractivity contribution in [1.82, 2.24) is 4.57 Å². The number of hydrogen-bond acceptors (Lipinski definition) is 5. The number of hydrogen-bond donors (Lipinski definition) is 2. The zero-order chi connectivity index (χ0) is 22.9. The van der Waals surface area contributed by atoms with Crippen LogP contribution in [0.3, 0.4) is 0 Å². The van der Waals surface area contributed by atoms with Gasteiger partial charge in [0.1, 0.15) is 0 Å². The van der Waals surface area contributed by atoms with Gasteiger partial charge in [0.2, 0.25) is 0 Å². The van der Waals surface area contributed by atoms with Crippen molar-refractivity contribution in [3.8, 4) is 0 Å². The zero-order valence-corrected chi connectivity index (χ0v) is 19.0. The molecule has 0 saturated carbocycles. The van der Waals surface area contributed by atoms with Gasteiger partial charge in [-0.15, -0.1) is 0 Å². The Morgan fingerprint density at radius 2 is 1.69 bits per heavy atom.